The van der Waals surface area contributed by atoms with Crippen LogP contribution in [-0.2, 0) is 4.74 Å². The summed E-state index contributed by atoms with van der Waals surface area (Å²) in [6.45, 7) is 25.2. The van der Waals surface area contributed by atoms with E-state index < -0.39 is 5.60 Å². The lowest BCUT2D eigenvalue weighted by atomic mass is 10.0. The molecule has 0 aliphatic rings. The lowest BCUT2D eigenvalue weighted by molar-refractivity contribution is 0.0251. The first kappa shape index (κ1) is 33.6. The molecule has 1 N–H and O–H groups in total. The normalized spacial score (nSPS) is 11.8. The molecule has 7 heteroatoms. The van der Waals surface area contributed by atoms with Gasteiger partial charge >= 0.3 is 6.09 Å². The summed E-state index contributed by atoms with van der Waals surface area (Å²) < 4.78 is 7.20. The fourth-order valence-corrected chi connectivity index (χ4v) is 3.06. The van der Waals surface area contributed by atoms with Gasteiger partial charge in [0.2, 0.25) is 0 Å². The number of carbonyl (C=O) groups excluding carboxylic acids is 2. The van der Waals surface area contributed by atoms with E-state index in [1.54, 1.807) is 28.9 Å². The molecule has 34 heavy (non-hydrogen) atoms. The van der Waals surface area contributed by atoms with Crippen LogP contribution in [0.2, 0.25) is 0 Å². The van der Waals surface area contributed by atoms with Crippen molar-refractivity contribution < 1.29 is 14.3 Å². The standard InChI is InChI=1S/C23H38N4O3.2C2H6/c1-9-26(22(29)30-23(5,6)7)14-12-17(3)11-13-25-21(28)19-15-18(4)20(24-8)27(10-2)16-19;2*1-2/h10,15-17H,2,9,11-14H2,1,3-8H3,(H,25,28);2*1-2H3. The molecule has 1 rings (SSSR count). The van der Waals surface area contributed by atoms with Gasteiger partial charge < -0.3 is 19.5 Å². The van der Waals surface area contributed by atoms with Gasteiger partial charge in [-0.25, -0.2) is 4.79 Å². The van der Waals surface area contributed by atoms with Crippen molar-refractivity contribution in [2.75, 3.05) is 26.7 Å². The summed E-state index contributed by atoms with van der Waals surface area (Å²) in [6, 6.07) is 1.83. The van der Waals surface area contributed by atoms with E-state index in [0.717, 1.165) is 23.9 Å². The maximum absolute atomic E-state index is 12.5. The second-order valence-electron chi connectivity index (χ2n) is 8.55. The zero-order valence-electron chi connectivity index (χ0n) is 23.6. The molecular formula is C27H50N4O3. The Kier molecular flexibility index (Phi) is 17.6. The molecule has 1 heterocycles. The number of rotatable bonds is 9. The number of hydrogen-bond donors (Lipinski definition) is 1. The zero-order chi connectivity index (χ0) is 26.9. The Morgan fingerprint density at radius 1 is 1.24 bits per heavy atom. The molecule has 0 aliphatic carbocycles. The Bertz CT molecular complexity index is 807. The molecule has 1 atom stereocenters. The Hall–Kier alpha value is -2.57. The van der Waals surface area contributed by atoms with Gasteiger partial charge in [0.25, 0.3) is 5.91 Å². The second kappa shape index (κ2) is 17.8. The maximum Gasteiger partial charge on any atom is 0.410 e. The predicted octanol–water partition coefficient (Wildman–Crippen LogP) is 5.88. The lowest BCUT2D eigenvalue weighted by Gasteiger charge is -2.27. The molecule has 2 amide bonds. The summed E-state index contributed by atoms with van der Waals surface area (Å²) >= 11 is 0. The van der Waals surface area contributed by atoms with Crippen molar-refractivity contribution in [3.8, 4) is 0 Å². The van der Waals surface area contributed by atoms with Crippen molar-refractivity contribution in [3.05, 3.63) is 35.5 Å². The van der Waals surface area contributed by atoms with Gasteiger partial charge in [0.05, 0.1) is 5.56 Å². The van der Waals surface area contributed by atoms with Crippen LogP contribution in [0.1, 0.15) is 91.1 Å². The van der Waals surface area contributed by atoms with E-state index in [-0.39, 0.29) is 12.0 Å². The fourth-order valence-electron chi connectivity index (χ4n) is 3.06. The van der Waals surface area contributed by atoms with E-state index >= 15 is 0 Å². The van der Waals surface area contributed by atoms with Crippen LogP contribution in [0.5, 0.6) is 0 Å². The molecule has 0 aliphatic heterocycles. The number of nitrogens with zero attached hydrogens (tertiary/aromatic N) is 3. The average Bonchev–Trinajstić information content (AvgIpc) is 2.80. The van der Waals surface area contributed by atoms with Gasteiger partial charge in [-0.15, -0.1) is 0 Å². The van der Waals surface area contributed by atoms with Crippen LogP contribution < -0.4 is 10.8 Å². The summed E-state index contributed by atoms with van der Waals surface area (Å²) in [5.74, 6) is 0.246. The van der Waals surface area contributed by atoms with Gasteiger partial charge in [0.15, 0.2) is 0 Å². The summed E-state index contributed by atoms with van der Waals surface area (Å²) in [5.41, 5.74) is 1.78. The van der Waals surface area contributed by atoms with Crippen LogP contribution in [0.4, 0.5) is 4.79 Å². The van der Waals surface area contributed by atoms with E-state index in [1.165, 1.54) is 0 Å². The lowest BCUT2D eigenvalue weighted by Crippen LogP contribution is -2.37. The molecule has 7 nitrogen and oxygen atoms in total. The van der Waals surface area contributed by atoms with Crippen LogP contribution in [0, 0.1) is 12.8 Å². The quantitative estimate of drug-likeness (QED) is 0.481. The molecule has 1 aromatic rings. The number of ether oxygens (including phenoxy) is 1. The third-order valence-corrected chi connectivity index (χ3v) is 4.77. The Labute approximate surface area is 208 Å². The third-order valence-electron chi connectivity index (χ3n) is 4.77. The van der Waals surface area contributed by atoms with Crippen LogP contribution in [0.15, 0.2) is 23.8 Å². The number of amides is 2. The number of aromatic nitrogens is 1. The molecule has 0 fully saturated rings. The highest BCUT2D eigenvalue weighted by Crippen LogP contribution is 2.13. The first-order valence-electron chi connectivity index (χ1n) is 12.6. The highest BCUT2D eigenvalue weighted by atomic mass is 16.6. The summed E-state index contributed by atoms with van der Waals surface area (Å²) in [5, 5.41) is 2.98. The van der Waals surface area contributed by atoms with Gasteiger partial charge in [-0.05, 0) is 65.0 Å². The Morgan fingerprint density at radius 3 is 2.29 bits per heavy atom. The topological polar surface area (TPSA) is 75.9 Å². The first-order valence-corrected chi connectivity index (χ1v) is 12.6. The van der Waals surface area contributed by atoms with Crippen molar-refractivity contribution in [3.63, 3.8) is 0 Å². The van der Waals surface area contributed by atoms with E-state index in [4.69, 9.17) is 4.74 Å². The molecule has 0 saturated heterocycles. The minimum atomic E-state index is -0.494. The zero-order valence-corrected chi connectivity index (χ0v) is 23.6. The van der Waals surface area contributed by atoms with E-state index in [0.29, 0.717) is 31.1 Å². The smallest absolute Gasteiger partial charge is 0.410 e. The van der Waals surface area contributed by atoms with Crippen molar-refractivity contribution in [2.24, 2.45) is 10.9 Å². The summed E-state index contributed by atoms with van der Waals surface area (Å²) in [7, 11) is 1.71. The second-order valence-corrected chi connectivity index (χ2v) is 8.55. The number of nitrogens with one attached hydrogen (secondary N) is 1. The number of carbonyl (C=O) groups is 2. The van der Waals surface area contributed by atoms with Gasteiger partial charge in [-0.3, -0.25) is 9.79 Å². The van der Waals surface area contributed by atoms with Crippen molar-refractivity contribution in [2.45, 2.75) is 87.7 Å². The Morgan fingerprint density at radius 2 is 1.82 bits per heavy atom. The minimum absolute atomic E-state index is 0.118. The average molecular weight is 479 g/mol. The maximum atomic E-state index is 12.5. The van der Waals surface area contributed by atoms with E-state index in [2.05, 4.69) is 23.8 Å². The molecule has 0 radical (unpaired) electrons. The SMILES string of the molecule is C=Cn1cc(C(=O)NCCC(C)CCN(CC)C(=O)OC(C)(C)C)cc(C)c1=NC.CC.CC. The highest BCUT2D eigenvalue weighted by molar-refractivity contribution is 5.94. The van der Waals surface area contributed by atoms with Gasteiger partial charge in [0, 0.05) is 39.1 Å². The largest absolute Gasteiger partial charge is 0.444 e. The van der Waals surface area contributed by atoms with Crippen LogP contribution in [0.3, 0.4) is 0 Å². The van der Waals surface area contributed by atoms with Crippen molar-refractivity contribution in [1.82, 2.24) is 14.8 Å². The van der Waals surface area contributed by atoms with Gasteiger partial charge in [-0.1, -0.05) is 41.2 Å². The number of hydrogen-bond acceptors (Lipinski definition) is 4. The van der Waals surface area contributed by atoms with Crippen LogP contribution >= 0.6 is 0 Å². The number of pyridine rings is 1. The molecule has 1 unspecified atom stereocenters. The predicted molar refractivity (Wildman–Crippen MR) is 144 cm³/mol. The number of aryl methyl sites for hydroxylation is 1. The summed E-state index contributed by atoms with van der Waals surface area (Å²) in [4.78, 5) is 30.7. The molecule has 0 spiro atoms. The van der Waals surface area contributed by atoms with E-state index in [1.807, 2.05) is 68.4 Å². The molecule has 0 saturated carbocycles. The molecule has 0 bridgehead atoms. The van der Waals surface area contributed by atoms with Gasteiger partial charge in [0.1, 0.15) is 11.1 Å². The Balaban J connectivity index is 0. The van der Waals surface area contributed by atoms with Crippen LogP contribution in [-0.4, -0.2) is 53.8 Å². The van der Waals surface area contributed by atoms with Crippen molar-refractivity contribution >= 4 is 18.2 Å². The third kappa shape index (κ3) is 12.6. The monoisotopic (exact) mass is 478 g/mol. The fraction of sp³-hybridized carbons (Fsp3) is 0.667. The molecular weight excluding hydrogens is 428 g/mol. The first-order chi connectivity index (χ1) is 16.0. The molecule has 1 aromatic heterocycles. The summed E-state index contributed by atoms with van der Waals surface area (Å²) in [6.07, 6.45) is 4.78. The van der Waals surface area contributed by atoms with Gasteiger partial charge in [-0.2, -0.15) is 0 Å². The van der Waals surface area contributed by atoms with Crippen LogP contribution in [0.25, 0.3) is 6.20 Å². The van der Waals surface area contributed by atoms with E-state index in [9.17, 15) is 9.59 Å². The highest BCUT2D eigenvalue weighted by Gasteiger charge is 2.21. The van der Waals surface area contributed by atoms with Crippen molar-refractivity contribution in [1.29, 1.82) is 0 Å². The molecule has 0 aromatic carbocycles. The molecule has 196 valence electrons. The minimum Gasteiger partial charge on any atom is -0.444 e.